The number of methoxy groups -OCH3 is 1. The van der Waals surface area contributed by atoms with Crippen LogP contribution in [-0.2, 0) is 6.54 Å². The second-order valence-corrected chi connectivity index (χ2v) is 5.69. The summed E-state index contributed by atoms with van der Waals surface area (Å²) in [6.45, 7) is 2.78. The molecular weight excluding hydrogens is 282 g/mol. The highest BCUT2D eigenvalue weighted by Gasteiger charge is 2.19. The van der Waals surface area contributed by atoms with Crippen molar-refractivity contribution in [3.63, 3.8) is 0 Å². The molecule has 0 radical (unpaired) electrons. The Morgan fingerprint density at radius 2 is 2.05 bits per heavy atom. The fourth-order valence-electron chi connectivity index (χ4n) is 3.02. The smallest absolute Gasteiger partial charge is 0.356 e. The van der Waals surface area contributed by atoms with Crippen molar-refractivity contribution < 1.29 is 14.6 Å². The number of aromatic carboxylic acids is 1. The van der Waals surface area contributed by atoms with Crippen LogP contribution in [0.15, 0.2) is 18.3 Å². The highest BCUT2D eigenvalue weighted by Crippen LogP contribution is 2.21. The Morgan fingerprint density at radius 1 is 1.32 bits per heavy atom. The van der Waals surface area contributed by atoms with Gasteiger partial charge in [-0.15, -0.1) is 0 Å². The van der Waals surface area contributed by atoms with Crippen molar-refractivity contribution in [2.75, 3.05) is 20.2 Å². The number of imidazole rings is 1. The highest BCUT2D eigenvalue weighted by atomic mass is 16.5. The van der Waals surface area contributed by atoms with Crippen LogP contribution in [0.1, 0.15) is 42.0 Å². The average Bonchev–Trinajstić information content (AvgIpc) is 2.69. The van der Waals surface area contributed by atoms with Crippen LogP contribution in [0.25, 0.3) is 5.52 Å². The van der Waals surface area contributed by atoms with Crippen molar-refractivity contribution in [3.8, 4) is 5.75 Å². The maximum absolute atomic E-state index is 11.4. The quantitative estimate of drug-likeness (QED) is 0.939. The second kappa shape index (κ2) is 6.36. The zero-order valence-corrected chi connectivity index (χ0v) is 12.8. The third kappa shape index (κ3) is 2.92. The van der Waals surface area contributed by atoms with Crippen molar-refractivity contribution in [1.82, 2.24) is 14.3 Å². The van der Waals surface area contributed by atoms with Gasteiger partial charge in [-0.25, -0.2) is 9.78 Å². The molecule has 1 aliphatic rings. The summed E-state index contributed by atoms with van der Waals surface area (Å²) in [5.41, 5.74) is 0.667. The molecule has 2 aromatic rings. The lowest BCUT2D eigenvalue weighted by Gasteiger charge is -2.18. The number of rotatable bonds is 4. The topological polar surface area (TPSA) is 67.1 Å². The minimum absolute atomic E-state index is 0.0868. The monoisotopic (exact) mass is 303 g/mol. The van der Waals surface area contributed by atoms with Crippen molar-refractivity contribution in [1.29, 1.82) is 0 Å². The van der Waals surface area contributed by atoms with Crippen molar-refractivity contribution >= 4 is 11.5 Å². The largest absolute Gasteiger partial charge is 0.497 e. The Balaban J connectivity index is 1.96. The van der Waals surface area contributed by atoms with Gasteiger partial charge < -0.3 is 14.2 Å². The van der Waals surface area contributed by atoms with E-state index < -0.39 is 5.97 Å². The van der Waals surface area contributed by atoms with Crippen LogP contribution < -0.4 is 4.74 Å². The number of carboxylic acids is 1. The van der Waals surface area contributed by atoms with E-state index in [-0.39, 0.29) is 5.69 Å². The molecule has 0 bridgehead atoms. The van der Waals surface area contributed by atoms with Crippen LogP contribution in [0.4, 0.5) is 0 Å². The van der Waals surface area contributed by atoms with E-state index in [9.17, 15) is 9.90 Å². The van der Waals surface area contributed by atoms with Gasteiger partial charge in [0.2, 0.25) is 0 Å². The first-order valence-corrected chi connectivity index (χ1v) is 7.69. The van der Waals surface area contributed by atoms with Crippen LogP contribution in [0.2, 0.25) is 0 Å². The predicted octanol–water partition coefficient (Wildman–Crippen LogP) is 2.42. The van der Waals surface area contributed by atoms with Crippen LogP contribution in [-0.4, -0.2) is 45.6 Å². The normalized spacial score (nSPS) is 16.6. The number of carbonyl (C=O) groups is 1. The van der Waals surface area contributed by atoms with E-state index in [1.807, 2.05) is 16.7 Å². The summed E-state index contributed by atoms with van der Waals surface area (Å²) >= 11 is 0. The van der Waals surface area contributed by atoms with Crippen molar-refractivity contribution in [2.45, 2.75) is 32.2 Å². The Labute approximate surface area is 129 Å². The molecule has 1 saturated heterocycles. The number of nitrogens with zero attached hydrogens (tertiary/aromatic N) is 3. The molecule has 2 aromatic heterocycles. The number of ether oxygens (including phenoxy) is 1. The number of aromatic nitrogens is 2. The summed E-state index contributed by atoms with van der Waals surface area (Å²) in [5, 5.41) is 9.38. The van der Waals surface area contributed by atoms with E-state index in [4.69, 9.17) is 4.74 Å². The van der Waals surface area contributed by atoms with Gasteiger partial charge in [-0.05, 0) is 32.0 Å². The van der Waals surface area contributed by atoms with Gasteiger partial charge in [0, 0.05) is 12.3 Å². The highest BCUT2D eigenvalue weighted by molar-refractivity contribution is 5.94. The zero-order valence-electron chi connectivity index (χ0n) is 12.8. The summed E-state index contributed by atoms with van der Waals surface area (Å²) in [4.78, 5) is 18.2. The first-order chi connectivity index (χ1) is 10.7. The fourth-order valence-corrected chi connectivity index (χ4v) is 3.02. The van der Waals surface area contributed by atoms with E-state index in [0.717, 1.165) is 18.9 Å². The maximum Gasteiger partial charge on any atom is 0.356 e. The minimum atomic E-state index is -1.01. The molecule has 0 saturated carbocycles. The summed E-state index contributed by atoms with van der Waals surface area (Å²) in [7, 11) is 1.57. The summed E-state index contributed by atoms with van der Waals surface area (Å²) in [6, 6.07) is 3.55. The fraction of sp³-hybridized carbons (Fsp3) is 0.500. The van der Waals surface area contributed by atoms with Crippen LogP contribution in [0.5, 0.6) is 5.75 Å². The van der Waals surface area contributed by atoms with Crippen LogP contribution >= 0.6 is 0 Å². The van der Waals surface area contributed by atoms with Crippen LogP contribution in [0.3, 0.4) is 0 Å². The minimum Gasteiger partial charge on any atom is -0.497 e. The third-order valence-corrected chi connectivity index (χ3v) is 4.19. The number of likely N-dealkylation sites (tertiary alicyclic amines) is 1. The molecule has 118 valence electrons. The van der Waals surface area contributed by atoms with Gasteiger partial charge in [0.05, 0.1) is 19.2 Å². The molecule has 0 spiro atoms. The van der Waals surface area contributed by atoms with Crippen molar-refractivity contribution in [3.05, 3.63) is 29.8 Å². The SMILES string of the molecule is COc1ccn2c(CN3CCCCCC3)nc(C(=O)O)c2c1. The van der Waals surface area contributed by atoms with Crippen LogP contribution in [0, 0.1) is 0 Å². The lowest BCUT2D eigenvalue weighted by Crippen LogP contribution is -2.25. The second-order valence-electron chi connectivity index (χ2n) is 5.69. The molecule has 3 heterocycles. The molecule has 0 aromatic carbocycles. The van der Waals surface area contributed by atoms with Gasteiger partial charge in [-0.1, -0.05) is 12.8 Å². The van der Waals surface area contributed by atoms with E-state index >= 15 is 0 Å². The molecule has 0 aliphatic carbocycles. The molecule has 1 aliphatic heterocycles. The van der Waals surface area contributed by atoms with Gasteiger partial charge in [0.15, 0.2) is 5.69 Å². The first-order valence-electron chi connectivity index (χ1n) is 7.69. The lowest BCUT2D eigenvalue weighted by molar-refractivity contribution is 0.0693. The standard InChI is InChI=1S/C16H21N3O3/c1-22-12-6-9-19-13(10-12)15(16(20)21)17-14(19)11-18-7-4-2-3-5-8-18/h6,9-10H,2-5,7-8,11H2,1H3,(H,20,21). The van der Waals surface area contributed by atoms with Gasteiger partial charge in [0.25, 0.3) is 0 Å². The van der Waals surface area contributed by atoms with Gasteiger partial charge in [-0.2, -0.15) is 0 Å². The molecule has 3 rings (SSSR count). The lowest BCUT2D eigenvalue weighted by atomic mass is 10.2. The molecule has 0 unspecified atom stereocenters. The van der Waals surface area contributed by atoms with Gasteiger partial charge in [0.1, 0.15) is 11.6 Å². The van der Waals surface area contributed by atoms with E-state index in [1.165, 1.54) is 25.7 Å². The van der Waals surface area contributed by atoms with Gasteiger partial charge in [-0.3, -0.25) is 4.90 Å². The van der Waals surface area contributed by atoms with Crippen molar-refractivity contribution in [2.24, 2.45) is 0 Å². The molecule has 6 nitrogen and oxygen atoms in total. The Bertz CT molecular complexity index is 673. The maximum atomic E-state index is 11.4. The molecule has 1 fully saturated rings. The summed E-state index contributed by atoms with van der Waals surface area (Å²) in [5.74, 6) is 0.404. The number of carboxylic acid groups (broad SMARTS) is 1. The van der Waals surface area contributed by atoms with E-state index in [1.54, 1.807) is 13.2 Å². The number of hydrogen-bond donors (Lipinski definition) is 1. The van der Waals surface area contributed by atoms with E-state index in [0.29, 0.717) is 17.8 Å². The first kappa shape index (κ1) is 14.8. The third-order valence-electron chi connectivity index (χ3n) is 4.19. The molecule has 1 N–H and O–H groups in total. The predicted molar refractivity (Wildman–Crippen MR) is 82.4 cm³/mol. The summed E-state index contributed by atoms with van der Waals surface area (Å²) < 4.78 is 7.05. The molecule has 0 amide bonds. The van der Waals surface area contributed by atoms with Gasteiger partial charge >= 0.3 is 5.97 Å². The zero-order chi connectivity index (χ0) is 15.5. The molecule has 6 heteroatoms. The average molecular weight is 303 g/mol. The number of pyridine rings is 1. The molecule has 0 atom stereocenters. The Morgan fingerprint density at radius 3 is 2.68 bits per heavy atom. The van der Waals surface area contributed by atoms with E-state index in [2.05, 4.69) is 9.88 Å². The Hall–Kier alpha value is -2.08. The molecule has 22 heavy (non-hydrogen) atoms. The Kier molecular flexibility index (Phi) is 4.29. The number of hydrogen-bond acceptors (Lipinski definition) is 4. The summed E-state index contributed by atoms with van der Waals surface area (Å²) in [6.07, 6.45) is 6.78. The molecular formula is C16H21N3O3. The number of fused-ring (bicyclic) bond motifs is 1.